The van der Waals surface area contributed by atoms with Gasteiger partial charge >= 0.3 is 0 Å². The average molecular weight is 391 g/mol. The van der Waals surface area contributed by atoms with Crippen molar-refractivity contribution in [3.8, 4) is 11.8 Å². The van der Waals surface area contributed by atoms with Crippen molar-refractivity contribution in [2.24, 2.45) is 14.1 Å². The summed E-state index contributed by atoms with van der Waals surface area (Å²) in [5.41, 5.74) is 3.63. The number of nitriles is 1. The Balaban J connectivity index is 1.56. The molecular weight excluding hydrogens is 366 g/mol. The fraction of sp³-hybridized carbons (Fsp3) is 0.381. The summed E-state index contributed by atoms with van der Waals surface area (Å²) >= 11 is 0. The second-order valence-electron chi connectivity index (χ2n) is 7.51. The predicted octanol–water partition coefficient (Wildman–Crippen LogP) is 2.33. The number of benzene rings is 1. The van der Waals surface area contributed by atoms with Crippen molar-refractivity contribution >= 4 is 5.69 Å². The Labute approximate surface area is 170 Å². The highest BCUT2D eigenvalue weighted by Crippen LogP contribution is 2.35. The number of rotatable bonds is 6. The first kappa shape index (κ1) is 19.0. The summed E-state index contributed by atoms with van der Waals surface area (Å²) in [6.45, 7) is 3.57. The molecule has 29 heavy (non-hydrogen) atoms. The molecule has 0 spiro atoms. The van der Waals surface area contributed by atoms with Crippen LogP contribution in [0.4, 0.5) is 5.69 Å². The smallest absolute Gasteiger partial charge is 0.160 e. The van der Waals surface area contributed by atoms with Crippen LogP contribution in [0.15, 0.2) is 43.0 Å². The summed E-state index contributed by atoms with van der Waals surface area (Å²) in [4.78, 5) is 0. The summed E-state index contributed by atoms with van der Waals surface area (Å²) in [6, 6.07) is 7.72. The maximum Gasteiger partial charge on any atom is 0.160 e. The SMILES string of the molecule is CC(CN[C@H](c1cnn(C)c1)[C@H]1CNc2cccc(C#N)c2O1)c1cnn(C)c1. The first-order chi connectivity index (χ1) is 14.0. The molecule has 0 saturated carbocycles. The zero-order valence-corrected chi connectivity index (χ0v) is 16.8. The Kier molecular flexibility index (Phi) is 5.23. The standard InChI is InChI=1S/C21H25N7O/c1-14(16-9-25-27(2)12-16)8-24-20(17-10-26-28(3)13-17)19-11-23-18-6-4-5-15(7-22)21(18)29-19/h4-6,9-10,12-14,19-20,23-24H,8,11H2,1-3H3/t14?,19-,20-/m1/s1. The molecule has 4 rings (SSSR count). The first-order valence-corrected chi connectivity index (χ1v) is 9.69. The van der Waals surface area contributed by atoms with Gasteiger partial charge in [-0.15, -0.1) is 0 Å². The number of ether oxygens (including phenoxy) is 1. The predicted molar refractivity (Wildman–Crippen MR) is 110 cm³/mol. The topological polar surface area (TPSA) is 92.7 Å². The van der Waals surface area contributed by atoms with Gasteiger partial charge in [-0.3, -0.25) is 9.36 Å². The Morgan fingerprint density at radius 2 is 1.97 bits per heavy atom. The summed E-state index contributed by atoms with van der Waals surface area (Å²) in [7, 11) is 3.83. The van der Waals surface area contributed by atoms with Crippen molar-refractivity contribution in [1.29, 1.82) is 5.26 Å². The number of aromatic nitrogens is 4. The van der Waals surface area contributed by atoms with Gasteiger partial charge in [-0.2, -0.15) is 15.5 Å². The van der Waals surface area contributed by atoms with Crippen LogP contribution in [0, 0.1) is 11.3 Å². The van der Waals surface area contributed by atoms with E-state index in [-0.39, 0.29) is 12.1 Å². The molecule has 3 heterocycles. The van der Waals surface area contributed by atoms with E-state index in [9.17, 15) is 5.26 Å². The van der Waals surface area contributed by atoms with Crippen LogP contribution in [0.2, 0.25) is 0 Å². The first-order valence-electron chi connectivity index (χ1n) is 9.69. The van der Waals surface area contributed by atoms with E-state index in [1.54, 1.807) is 10.7 Å². The van der Waals surface area contributed by atoms with Gasteiger partial charge in [0.25, 0.3) is 0 Å². The van der Waals surface area contributed by atoms with Gasteiger partial charge in [0.2, 0.25) is 0 Å². The van der Waals surface area contributed by atoms with Crippen LogP contribution < -0.4 is 15.4 Å². The zero-order chi connectivity index (χ0) is 20.4. The number of para-hydroxylation sites is 1. The molecule has 2 aromatic heterocycles. The highest BCUT2D eigenvalue weighted by Gasteiger charge is 2.31. The fourth-order valence-electron chi connectivity index (χ4n) is 3.66. The molecular formula is C21H25N7O. The highest BCUT2D eigenvalue weighted by atomic mass is 16.5. The van der Waals surface area contributed by atoms with Gasteiger partial charge in [-0.05, 0) is 23.6 Å². The lowest BCUT2D eigenvalue weighted by Crippen LogP contribution is -2.43. The van der Waals surface area contributed by atoms with E-state index < -0.39 is 0 Å². The van der Waals surface area contributed by atoms with Crippen LogP contribution in [0.5, 0.6) is 5.75 Å². The quantitative estimate of drug-likeness (QED) is 0.670. The van der Waals surface area contributed by atoms with Crippen LogP contribution >= 0.6 is 0 Å². The molecule has 1 aromatic carbocycles. The van der Waals surface area contributed by atoms with Gasteiger partial charge in [-0.25, -0.2) is 0 Å². The summed E-state index contributed by atoms with van der Waals surface area (Å²) < 4.78 is 9.93. The van der Waals surface area contributed by atoms with E-state index >= 15 is 0 Å². The Morgan fingerprint density at radius 3 is 2.62 bits per heavy atom. The van der Waals surface area contributed by atoms with Gasteiger partial charge < -0.3 is 15.4 Å². The number of aryl methyl sites for hydroxylation is 2. The molecule has 8 nitrogen and oxygen atoms in total. The molecule has 3 aromatic rings. The summed E-state index contributed by atoms with van der Waals surface area (Å²) in [5.74, 6) is 0.906. The lowest BCUT2D eigenvalue weighted by molar-refractivity contribution is 0.156. The van der Waals surface area contributed by atoms with Gasteiger partial charge in [0.15, 0.2) is 5.75 Å². The molecule has 0 saturated heterocycles. The molecule has 0 fully saturated rings. The molecule has 2 N–H and O–H groups in total. The van der Waals surface area contributed by atoms with E-state index in [4.69, 9.17) is 4.74 Å². The highest BCUT2D eigenvalue weighted by molar-refractivity contribution is 5.64. The molecule has 1 aliphatic heterocycles. The largest absolute Gasteiger partial charge is 0.483 e. The Bertz CT molecular complexity index is 1030. The zero-order valence-electron chi connectivity index (χ0n) is 16.8. The van der Waals surface area contributed by atoms with Gasteiger partial charge in [0.1, 0.15) is 12.2 Å². The maximum absolute atomic E-state index is 9.45. The van der Waals surface area contributed by atoms with Gasteiger partial charge in [0.05, 0.1) is 36.2 Å². The van der Waals surface area contributed by atoms with Crippen molar-refractivity contribution < 1.29 is 4.74 Å². The van der Waals surface area contributed by atoms with Crippen LogP contribution in [0.25, 0.3) is 0 Å². The normalized spacial score (nSPS) is 17.5. The summed E-state index contributed by atoms with van der Waals surface area (Å²) in [6.07, 6.45) is 7.63. The van der Waals surface area contributed by atoms with Crippen LogP contribution in [-0.2, 0) is 14.1 Å². The third-order valence-corrected chi connectivity index (χ3v) is 5.29. The number of hydrogen-bond donors (Lipinski definition) is 2. The van der Waals surface area contributed by atoms with E-state index in [0.29, 0.717) is 23.8 Å². The number of hydrogen-bond acceptors (Lipinski definition) is 6. The molecule has 8 heteroatoms. The average Bonchev–Trinajstić information content (AvgIpc) is 3.36. The summed E-state index contributed by atoms with van der Waals surface area (Å²) in [5, 5.41) is 25.1. The number of fused-ring (bicyclic) bond motifs is 1. The van der Waals surface area contributed by atoms with E-state index in [1.165, 1.54) is 5.56 Å². The number of nitrogens with one attached hydrogen (secondary N) is 2. The van der Waals surface area contributed by atoms with E-state index in [0.717, 1.165) is 17.8 Å². The lowest BCUT2D eigenvalue weighted by Gasteiger charge is -2.34. The van der Waals surface area contributed by atoms with Gasteiger partial charge in [-0.1, -0.05) is 13.0 Å². The minimum Gasteiger partial charge on any atom is -0.483 e. The van der Waals surface area contributed by atoms with Crippen molar-refractivity contribution in [3.05, 3.63) is 59.7 Å². The Morgan fingerprint density at radius 1 is 1.24 bits per heavy atom. The van der Waals surface area contributed by atoms with Crippen molar-refractivity contribution in [2.75, 3.05) is 18.4 Å². The van der Waals surface area contributed by atoms with E-state index in [1.807, 2.05) is 55.7 Å². The number of nitrogens with zero attached hydrogens (tertiary/aromatic N) is 5. The van der Waals surface area contributed by atoms with Crippen molar-refractivity contribution in [3.63, 3.8) is 0 Å². The molecule has 1 aliphatic rings. The lowest BCUT2D eigenvalue weighted by atomic mass is 10.00. The van der Waals surface area contributed by atoms with Crippen LogP contribution in [0.1, 0.15) is 35.6 Å². The van der Waals surface area contributed by atoms with Crippen LogP contribution in [-0.4, -0.2) is 38.8 Å². The molecule has 0 radical (unpaired) electrons. The second-order valence-corrected chi connectivity index (χ2v) is 7.51. The van der Waals surface area contributed by atoms with Crippen LogP contribution in [0.3, 0.4) is 0 Å². The van der Waals surface area contributed by atoms with E-state index in [2.05, 4.69) is 33.8 Å². The molecule has 0 aliphatic carbocycles. The van der Waals surface area contributed by atoms with Crippen molar-refractivity contribution in [2.45, 2.75) is 25.0 Å². The number of anilines is 1. The van der Waals surface area contributed by atoms with Crippen molar-refractivity contribution in [1.82, 2.24) is 24.9 Å². The molecule has 0 amide bonds. The Hall–Kier alpha value is -3.31. The van der Waals surface area contributed by atoms with Gasteiger partial charge in [0, 0.05) is 38.6 Å². The molecule has 0 bridgehead atoms. The fourth-order valence-corrected chi connectivity index (χ4v) is 3.66. The second kappa shape index (κ2) is 7.97. The minimum atomic E-state index is -0.178. The third kappa shape index (κ3) is 3.96. The molecule has 3 atom stereocenters. The molecule has 150 valence electrons. The molecule has 1 unspecified atom stereocenters. The third-order valence-electron chi connectivity index (χ3n) is 5.29. The minimum absolute atomic E-state index is 0.0739. The monoisotopic (exact) mass is 391 g/mol. The maximum atomic E-state index is 9.45.